The van der Waals surface area contributed by atoms with Gasteiger partial charge in [-0.3, -0.25) is 10.3 Å². The molecule has 0 saturated carbocycles. The van der Waals surface area contributed by atoms with E-state index in [0.29, 0.717) is 40.5 Å². The van der Waals surface area contributed by atoms with E-state index in [1.807, 2.05) is 27.7 Å². The molecule has 194 valence electrons. The Morgan fingerprint density at radius 1 is 1.03 bits per heavy atom. The number of hydrogen-bond donors (Lipinski definition) is 2. The largest absolute Gasteiger partial charge is 0.493 e. The lowest BCUT2D eigenvalue weighted by atomic mass is 9.93. The van der Waals surface area contributed by atoms with E-state index >= 15 is 0 Å². The minimum atomic E-state index is -0.657. The number of nitrogens with zero attached hydrogens (tertiary/aromatic N) is 2. The SMILES string of the molecule is CCCOc1cc2c(Oc3ccc(NC(=O)Nc4cc(C(C)(C)C)on4)cc3F)ccnc2cc1OC. The molecule has 0 unspecified atom stereocenters. The Kier molecular flexibility index (Phi) is 7.47. The first kappa shape index (κ1) is 25.7. The van der Waals surface area contributed by atoms with Crippen molar-refractivity contribution in [3.63, 3.8) is 0 Å². The molecule has 0 aliphatic heterocycles. The Morgan fingerprint density at radius 2 is 1.84 bits per heavy atom. The lowest BCUT2D eigenvalue weighted by Gasteiger charge is -2.14. The minimum Gasteiger partial charge on any atom is -0.493 e. The number of rotatable bonds is 8. The molecule has 0 aliphatic rings. The molecule has 0 fully saturated rings. The Bertz CT molecular complexity index is 1410. The third-order valence-electron chi connectivity index (χ3n) is 5.35. The molecule has 0 spiro atoms. The van der Waals surface area contributed by atoms with Crippen LogP contribution in [0.1, 0.15) is 39.9 Å². The van der Waals surface area contributed by atoms with Crippen LogP contribution in [0.2, 0.25) is 0 Å². The van der Waals surface area contributed by atoms with E-state index in [4.69, 9.17) is 18.7 Å². The summed E-state index contributed by atoms with van der Waals surface area (Å²) in [4.78, 5) is 16.7. The van der Waals surface area contributed by atoms with Gasteiger partial charge in [-0.2, -0.15) is 0 Å². The zero-order valence-electron chi connectivity index (χ0n) is 21.3. The Labute approximate surface area is 213 Å². The van der Waals surface area contributed by atoms with Crippen LogP contribution in [-0.4, -0.2) is 29.9 Å². The quantitative estimate of drug-likeness (QED) is 0.267. The summed E-state index contributed by atoms with van der Waals surface area (Å²) in [6.07, 6.45) is 2.40. The molecule has 2 N–H and O–H groups in total. The smallest absolute Gasteiger partial charge is 0.324 e. The van der Waals surface area contributed by atoms with Gasteiger partial charge in [0.05, 0.1) is 19.2 Å². The van der Waals surface area contributed by atoms with Gasteiger partial charge in [0, 0.05) is 40.9 Å². The second kappa shape index (κ2) is 10.7. The highest BCUT2D eigenvalue weighted by atomic mass is 19.1. The number of hydrogen-bond acceptors (Lipinski definition) is 7. The summed E-state index contributed by atoms with van der Waals surface area (Å²) in [6, 6.07) is 10.3. The van der Waals surface area contributed by atoms with E-state index in [9.17, 15) is 9.18 Å². The average molecular weight is 509 g/mol. The summed E-state index contributed by atoms with van der Waals surface area (Å²) < 4.78 is 37.3. The predicted molar refractivity (Wildman–Crippen MR) is 138 cm³/mol. The summed E-state index contributed by atoms with van der Waals surface area (Å²) in [7, 11) is 1.56. The fraction of sp³-hybridized carbons (Fsp3) is 0.296. The van der Waals surface area contributed by atoms with Gasteiger partial charge in [-0.05, 0) is 30.7 Å². The number of urea groups is 1. The van der Waals surface area contributed by atoms with Gasteiger partial charge in [-0.15, -0.1) is 0 Å². The average Bonchev–Trinajstić information content (AvgIpc) is 3.33. The van der Waals surface area contributed by atoms with E-state index in [2.05, 4.69) is 20.8 Å². The van der Waals surface area contributed by atoms with Gasteiger partial charge in [0.2, 0.25) is 0 Å². The number of carbonyl (C=O) groups excluding carboxylic acids is 1. The van der Waals surface area contributed by atoms with Crippen LogP contribution in [0.25, 0.3) is 10.9 Å². The number of benzene rings is 2. The maximum Gasteiger partial charge on any atom is 0.324 e. The molecular formula is C27H29FN4O5. The van der Waals surface area contributed by atoms with Crippen molar-refractivity contribution in [2.45, 2.75) is 39.5 Å². The molecule has 2 amide bonds. The lowest BCUT2D eigenvalue weighted by molar-refractivity contribution is 0.262. The summed E-state index contributed by atoms with van der Waals surface area (Å²) in [5.74, 6) is 1.69. The highest BCUT2D eigenvalue weighted by Gasteiger charge is 2.20. The van der Waals surface area contributed by atoms with E-state index in [0.717, 1.165) is 6.42 Å². The first-order valence-electron chi connectivity index (χ1n) is 11.8. The zero-order chi connectivity index (χ0) is 26.6. The van der Waals surface area contributed by atoms with Crippen molar-refractivity contribution in [1.29, 1.82) is 0 Å². The van der Waals surface area contributed by atoms with Crippen LogP contribution in [0.4, 0.5) is 20.7 Å². The fourth-order valence-electron chi connectivity index (χ4n) is 3.45. The number of carbonyl (C=O) groups is 1. The molecule has 0 saturated heterocycles. The number of nitrogens with one attached hydrogen (secondary N) is 2. The van der Waals surface area contributed by atoms with Crippen LogP contribution in [0, 0.1) is 5.82 Å². The van der Waals surface area contributed by atoms with E-state index in [-0.39, 0.29) is 22.7 Å². The molecule has 0 aliphatic carbocycles. The topological polar surface area (TPSA) is 108 Å². The lowest BCUT2D eigenvalue weighted by Crippen LogP contribution is -2.19. The highest BCUT2D eigenvalue weighted by molar-refractivity contribution is 5.99. The molecule has 4 aromatic rings. The maximum atomic E-state index is 14.9. The van der Waals surface area contributed by atoms with Crippen molar-refractivity contribution in [3.8, 4) is 23.0 Å². The summed E-state index contributed by atoms with van der Waals surface area (Å²) in [5.41, 5.74) is 0.594. The number of aromatic nitrogens is 2. The number of pyridine rings is 1. The molecule has 0 radical (unpaired) electrons. The Morgan fingerprint density at radius 3 is 2.51 bits per heavy atom. The predicted octanol–water partition coefficient (Wildman–Crippen LogP) is 6.89. The second-order valence-electron chi connectivity index (χ2n) is 9.33. The number of ether oxygens (including phenoxy) is 3. The molecule has 0 bridgehead atoms. The van der Waals surface area contributed by atoms with E-state index in [1.165, 1.54) is 18.2 Å². The first-order valence-corrected chi connectivity index (χ1v) is 11.8. The number of halogens is 1. The van der Waals surface area contributed by atoms with Crippen LogP contribution in [0.3, 0.4) is 0 Å². The van der Waals surface area contributed by atoms with Crippen molar-refractivity contribution < 1.29 is 27.9 Å². The van der Waals surface area contributed by atoms with Crippen molar-refractivity contribution in [1.82, 2.24) is 10.1 Å². The molecule has 2 aromatic carbocycles. The molecule has 10 heteroatoms. The van der Waals surface area contributed by atoms with Gasteiger partial charge in [-0.1, -0.05) is 32.9 Å². The highest BCUT2D eigenvalue weighted by Crippen LogP contribution is 2.38. The van der Waals surface area contributed by atoms with Gasteiger partial charge < -0.3 is 24.1 Å². The fourth-order valence-corrected chi connectivity index (χ4v) is 3.45. The number of anilines is 2. The van der Waals surface area contributed by atoms with E-state index < -0.39 is 11.8 Å². The molecule has 2 heterocycles. The zero-order valence-corrected chi connectivity index (χ0v) is 21.3. The number of fused-ring (bicyclic) bond motifs is 1. The van der Waals surface area contributed by atoms with Crippen molar-refractivity contribution in [3.05, 3.63) is 60.2 Å². The monoisotopic (exact) mass is 508 g/mol. The summed E-state index contributed by atoms with van der Waals surface area (Å²) in [6.45, 7) is 8.42. The van der Waals surface area contributed by atoms with Crippen LogP contribution in [-0.2, 0) is 5.41 Å². The van der Waals surface area contributed by atoms with Crippen molar-refractivity contribution in [2.24, 2.45) is 0 Å². The third kappa shape index (κ3) is 6.08. The molecule has 4 rings (SSSR count). The molecule has 2 aromatic heterocycles. The van der Waals surface area contributed by atoms with Crippen LogP contribution >= 0.6 is 0 Å². The van der Waals surface area contributed by atoms with Crippen LogP contribution in [0.5, 0.6) is 23.0 Å². The Hall–Kier alpha value is -4.34. The molecule has 37 heavy (non-hydrogen) atoms. The third-order valence-corrected chi connectivity index (χ3v) is 5.35. The first-order chi connectivity index (χ1) is 17.7. The van der Waals surface area contributed by atoms with Crippen LogP contribution in [0.15, 0.2) is 53.2 Å². The van der Waals surface area contributed by atoms with Gasteiger partial charge in [0.25, 0.3) is 0 Å². The van der Waals surface area contributed by atoms with Crippen molar-refractivity contribution >= 4 is 28.4 Å². The minimum absolute atomic E-state index is 0.0170. The molecule has 9 nitrogen and oxygen atoms in total. The van der Waals surface area contributed by atoms with E-state index in [1.54, 1.807) is 37.6 Å². The summed E-state index contributed by atoms with van der Waals surface area (Å²) >= 11 is 0. The normalized spacial score (nSPS) is 11.3. The second-order valence-corrected chi connectivity index (χ2v) is 9.33. The van der Waals surface area contributed by atoms with Gasteiger partial charge in [-0.25, -0.2) is 9.18 Å². The summed E-state index contributed by atoms with van der Waals surface area (Å²) in [5, 5.41) is 9.62. The standard InChI is InChI=1S/C27H29FN4O5/c1-6-11-35-23-13-17-19(14-22(23)34-5)29-10-9-20(17)36-21-8-7-16(12-18(21)28)30-26(33)31-25-15-24(37-32-25)27(2,3)4/h7-10,12-15H,6,11H2,1-5H3,(H2,30,31,32,33). The Balaban J connectivity index is 1.50. The van der Waals surface area contributed by atoms with Crippen LogP contribution < -0.4 is 24.8 Å². The van der Waals surface area contributed by atoms with Crippen molar-refractivity contribution in [2.75, 3.05) is 24.4 Å². The number of amides is 2. The number of methoxy groups -OCH3 is 1. The maximum absolute atomic E-state index is 14.9. The van der Waals surface area contributed by atoms with Gasteiger partial charge in [0.15, 0.2) is 28.9 Å². The van der Waals surface area contributed by atoms with Gasteiger partial charge >= 0.3 is 6.03 Å². The molecule has 0 atom stereocenters. The molecular weight excluding hydrogens is 479 g/mol. The van der Waals surface area contributed by atoms with Gasteiger partial charge in [0.1, 0.15) is 11.5 Å².